The molecule has 0 aliphatic heterocycles. The lowest BCUT2D eigenvalue weighted by Crippen LogP contribution is -2.34. The molecule has 0 fully saturated rings. The SMILES string of the molecule is CC(C)(CC(=O)c1cc(-c2ccc(Cl)cc2)cc(-n2cnnn2)c1)C(F)(F)F. The smallest absolute Gasteiger partial charge is 0.294 e. The number of ketones is 1. The Balaban J connectivity index is 2.05. The molecule has 146 valence electrons. The van der Waals surface area contributed by atoms with Crippen LogP contribution in [0.2, 0.25) is 5.02 Å². The second-order valence-electron chi connectivity index (χ2n) is 7.01. The highest BCUT2D eigenvalue weighted by Gasteiger charge is 2.48. The fourth-order valence-corrected chi connectivity index (χ4v) is 2.72. The molecular formula is C19H16ClF3N4O. The van der Waals surface area contributed by atoms with Crippen LogP contribution in [0.1, 0.15) is 30.6 Å². The summed E-state index contributed by atoms with van der Waals surface area (Å²) < 4.78 is 40.9. The fraction of sp³-hybridized carbons (Fsp3) is 0.263. The van der Waals surface area contributed by atoms with E-state index in [9.17, 15) is 18.0 Å². The molecule has 0 N–H and O–H groups in total. The van der Waals surface area contributed by atoms with Crippen molar-refractivity contribution in [3.05, 3.63) is 59.4 Å². The van der Waals surface area contributed by atoms with Crippen molar-refractivity contribution in [2.45, 2.75) is 26.4 Å². The van der Waals surface area contributed by atoms with Crippen molar-refractivity contribution in [1.29, 1.82) is 0 Å². The first-order valence-electron chi connectivity index (χ1n) is 8.31. The number of Topliss-reactive ketones (excluding diaryl/α,β-unsaturated/α-hetero) is 1. The van der Waals surface area contributed by atoms with Gasteiger partial charge < -0.3 is 0 Å². The molecule has 9 heteroatoms. The monoisotopic (exact) mass is 408 g/mol. The van der Waals surface area contributed by atoms with Gasteiger partial charge in [-0.1, -0.05) is 37.6 Å². The van der Waals surface area contributed by atoms with E-state index >= 15 is 0 Å². The molecule has 0 unspecified atom stereocenters. The highest BCUT2D eigenvalue weighted by atomic mass is 35.5. The summed E-state index contributed by atoms with van der Waals surface area (Å²) in [6.07, 6.45) is -3.82. The summed E-state index contributed by atoms with van der Waals surface area (Å²) in [5.74, 6) is -0.618. The van der Waals surface area contributed by atoms with Crippen molar-refractivity contribution in [1.82, 2.24) is 20.2 Å². The molecule has 5 nitrogen and oxygen atoms in total. The second kappa shape index (κ2) is 7.35. The van der Waals surface area contributed by atoms with E-state index in [-0.39, 0.29) is 5.56 Å². The van der Waals surface area contributed by atoms with Crippen molar-refractivity contribution in [2.24, 2.45) is 5.41 Å². The predicted molar refractivity (Wildman–Crippen MR) is 98.4 cm³/mol. The first-order chi connectivity index (χ1) is 13.1. The molecule has 2 aromatic carbocycles. The second-order valence-corrected chi connectivity index (χ2v) is 7.45. The fourth-order valence-electron chi connectivity index (χ4n) is 2.60. The molecule has 0 bridgehead atoms. The normalized spacial score (nSPS) is 12.2. The van der Waals surface area contributed by atoms with E-state index in [4.69, 9.17) is 11.6 Å². The Hall–Kier alpha value is -2.74. The van der Waals surface area contributed by atoms with Crippen LogP contribution in [-0.2, 0) is 0 Å². The van der Waals surface area contributed by atoms with Crippen LogP contribution in [0.5, 0.6) is 0 Å². The Labute approximate surface area is 164 Å². The van der Waals surface area contributed by atoms with Gasteiger partial charge in [-0.15, -0.1) is 5.10 Å². The van der Waals surface area contributed by atoms with Gasteiger partial charge in [0.1, 0.15) is 6.33 Å². The van der Waals surface area contributed by atoms with E-state index in [2.05, 4.69) is 15.5 Å². The Kier molecular flexibility index (Phi) is 5.25. The Bertz CT molecular complexity index is 983. The summed E-state index contributed by atoms with van der Waals surface area (Å²) in [6.45, 7) is 2.02. The van der Waals surface area contributed by atoms with Gasteiger partial charge in [-0.25, -0.2) is 4.68 Å². The van der Waals surface area contributed by atoms with E-state index in [1.807, 2.05) is 0 Å². The minimum Gasteiger partial charge on any atom is -0.294 e. The van der Waals surface area contributed by atoms with Crippen LogP contribution in [0.25, 0.3) is 16.8 Å². The van der Waals surface area contributed by atoms with E-state index in [0.717, 1.165) is 19.4 Å². The van der Waals surface area contributed by atoms with E-state index in [1.54, 1.807) is 36.4 Å². The van der Waals surface area contributed by atoms with Crippen LogP contribution in [0, 0.1) is 5.41 Å². The number of hydrogen-bond acceptors (Lipinski definition) is 4. The molecule has 3 rings (SSSR count). The maximum atomic E-state index is 13.2. The molecule has 0 spiro atoms. The zero-order valence-electron chi connectivity index (χ0n) is 15.0. The van der Waals surface area contributed by atoms with Gasteiger partial charge in [-0.3, -0.25) is 4.79 Å². The summed E-state index contributed by atoms with van der Waals surface area (Å²) in [6, 6.07) is 11.7. The van der Waals surface area contributed by atoms with Gasteiger partial charge in [0.15, 0.2) is 5.78 Å². The molecule has 1 aromatic heterocycles. The van der Waals surface area contributed by atoms with Gasteiger partial charge in [-0.05, 0) is 51.9 Å². The summed E-state index contributed by atoms with van der Waals surface area (Å²) in [5, 5.41) is 11.5. The molecule has 0 saturated heterocycles. The number of aromatic nitrogens is 4. The van der Waals surface area contributed by atoms with E-state index < -0.39 is 23.8 Å². The number of halogens is 4. The lowest BCUT2D eigenvalue weighted by molar-refractivity contribution is -0.209. The molecular weight excluding hydrogens is 393 g/mol. The Morgan fingerprint density at radius 1 is 1.07 bits per heavy atom. The van der Waals surface area contributed by atoms with Gasteiger partial charge in [0.2, 0.25) is 0 Å². The van der Waals surface area contributed by atoms with Gasteiger partial charge in [-0.2, -0.15) is 13.2 Å². The highest BCUT2D eigenvalue weighted by Crippen LogP contribution is 2.41. The van der Waals surface area contributed by atoms with Crippen molar-refractivity contribution >= 4 is 17.4 Å². The quantitative estimate of drug-likeness (QED) is 0.548. The molecule has 28 heavy (non-hydrogen) atoms. The first-order valence-corrected chi connectivity index (χ1v) is 8.69. The van der Waals surface area contributed by atoms with Gasteiger partial charge >= 0.3 is 6.18 Å². The van der Waals surface area contributed by atoms with Crippen molar-refractivity contribution in [2.75, 3.05) is 0 Å². The van der Waals surface area contributed by atoms with Crippen molar-refractivity contribution < 1.29 is 18.0 Å². The third kappa shape index (κ3) is 4.22. The number of nitrogens with zero attached hydrogens (tertiary/aromatic N) is 4. The van der Waals surface area contributed by atoms with Crippen LogP contribution in [0.4, 0.5) is 13.2 Å². The van der Waals surface area contributed by atoms with Gasteiger partial charge in [0, 0.05) is 17.0 Å². The zero-order valence-corrected chi connectivity index (χ0v) is 15.8. The number of tetrazole rings is 1. The topological polar surface area (TPSA) is 60.7 Å². The summed E-state index contributed by atoms with van der Waals surface area (Å²) in [4.78, 5) is 12.7. The maximum absolute atomic E-state index is 13.2. The number of alkyl halides is 3. The van der Waals surface area contributed by atoms with Crippen LogP contribution < -0.4 is 0 Å². The predicted octanol–water partition coefficient (Wildman–Crippen LogP) is 5.14. The van der Waals surface area contributed by atoms with Gasteiger partial charge in [0.05, 0.1) is 11.1 Å². The lowest BCUT2D eigenvalue weighted by Gasteiger charge is -2.27. The number of carbonyl (C=O) groups is 1. The van der Waals surface area contributed by atoms with Crippen molar-refractivity contribution in [3.8, 4) is 16.8 Å². The number of carbonyl (C=O) groups excluding carboxylic acids is 1. The number of hydrogen-bond donors (Lipinski definition) is 0. The molecule has 0 atom stereocenters. The van der Waals surface area contributed by atoms with Gasteiger partial charge in [0.25, 0.3) is 0 Å². The third-order valence-corrected chi connectivity index (χ3v) is 4.65. The molecule has 0 amide bonds. The minimum absolute atomic E-state index is 0.148. The average Bonchev–Trinajstić information content (AvgIpc) is 3.15. The third-order valence-electron chi connectivity index (χ3n) is 4.40. The average molecular weight is 409 g/mol. The molecule has 0 radical (unpaired) electrons. The molecule has 0 aliphatic carbocycles. The van der Waals surface area contributed by atoms with Crippen molar-refractivity contribution in [3.63, 3.8) is 0 Å². The van der Waals surface area contributed by atoms with Crippen LogP contribution in [0.3, 0.4) is 0 Å². The maximum Gasteiger partial charge on any atom is 0.394 e. The van der Waals surface area contributed by atoms with Crippen LogP contribution in [-0.4, -0.2) is 32.2 Å². The lowest BCUT2D eigenvalue weighted by atomic mass is 9.84. The van der Waals surface area contributed by atoms with Crippen LogP contribution in [0.15, 0.2) is 48.8 Å². The molecule has 0 saturated carbocycles. The first kappa shape index (κ1) is 20.0. The summed E-state index contributed by atoms with van der Waals surface area (Å²) in [7, 11) is 0. The van der Waals surface area contributed by atoms with E-state index in [1.165, 1.54) is 17.1 Å². The molecule has 0 aliphatic rings. The largest absolute Gasteiger partial charge is 0.394 e. The number of benzene rings is 2. The summed E-state index contributed by atoms with van der Waals surface area (Å²) in [5.41, 5.74) is -0.142. The number of rotatable bonds is 5. The summed E-state index contributed by atoms with van der Waals surface area (Å²) >= 11 is 5.92. The standard InChI is InChI=1S/C19H16ClF3N4O/c1-18(2,19(21,22)23)10-17(28)14-7-13(12-3-5-15(20)6-4-12)8-16(9-14)27-11-24-25-26-27/h3-9,11H,10H2,1-2H3. The zero-order chi connectivity index (χ0) is 20.5. The minimum atomic E-state index is -4.49. The Morgan fingerprint density at radius 2 is 1.75 bits per heavy atom. The Morgan fingerprint density at radius 3 is 2.32 bits per heavy atom. The van der Waals surface area contributed by atoms with E-state index in [0.29, 0.717) is 16.3 Å². The molecule has 3 aromatic rings. The van der Waals surface area contributed by atoms with Crippen LogP contribution >= 0.6 is 11.6 Å². The highest BCUT2D eigenvalue weighted by molar-refractivity contribution is 6.30. The molecule has 1 heterocycles.